The van der Waals surface area contributed by atoms with Gasteiger partial charge in [-0.3, -0.25) is 9.59 Å². The highest BCUT2D eigenvalue weighted by atomic mass is 16.3. The summed E-state index contributed by atoms with van der Waals surface area (Å²) in [5, 5.41) is 14.5. The number of anilines is 1. The van der Waals surface area contributed by atoms with E-state index in [1.807, 2.05) is 0 Å². The molecule has 0 bridgehead atoms. The third-order valence-corrected chi connectivity index (χ3v) is 2.55. The van der Waals surface area contributed by atoms with E-state index >= 15 is 0 Å². The van der Waals surface area contributed by atoms with Gasteiger partial charge in [-0.1, -0.05) is 0 Å². The van der Waals surface area contributed by atoms with Gasteiger partial charge < -0.3 is 15.7 Å². The number of aliphatic hydroxyl groups is 1. The van der Waals surface area contributed by atoms with E-state index in [1.54, 1.807) is 31.2 Å². The molecular weight excluding hydrogens is 244 g/mol. The first-order valence-electron chi connectivity index (χ1n) is 6.33. The van der Waals surface area contributed by atoms with Crippen LogP contribution in [-0.2, 0) is 4.79 Å². The molecule has 1 aromatic carbocycles. The van der Waals surface area contributed by atoms with Crippen LogP contribution in [0.3, 0.4) is 0 Å². The van der Waals surface area contributed by atoms with E-state index in [0.717, 1.165) is 6.42 Å². The molecule has 0 heterocycles. The van der Waals surface area contributed by atoms with E-state index in [2.05, 4.69) is 10.6 Å². The lowest BCUT2D eigenvalue weighted by Gasteiger charge is -2.07. The summed E-state index contributed by atoms with van der Waals surface area (Å²) in [5.74, 6) is -0.296. The summed E-state index contributed by atoms with van der Waals surface area (Å²) < 4.78 is 0. The van der Waals surface area contributed by atoms with Crippen molar-refractivity contribution in [2.24, 2.45) is 0 Å². The standard InChI is InChI=1S/C14H20N2O3/c1-10(17)4-3-9-15-14(19)12-5-7-13(8-6-12)16-11(2)18/h5-8,10,17H,3-4,9H2,1-2H3,(H,15,19)(H,16,18). The number of carbonyl (C=O) groups excluding carboxylic acids is 2. The van der Waals surface area contributed by atoms with Crippen molar-refractivity contribution in [1.82, 2.24) is 5.32 Å². The van der Waals surface area contributed by atoms with E-state index in [1.165, 1.54) is 6.92 Å². The van der Waals surface area contributed by atoms with Crippen LogP contribution in [0.5, 0.6) is 0 Å². The van der Waals surface area contributed by atoms with Crippen molar-refractivity contribution in [2.75, 3.05) is 11.9 Å². The summed E-state index contributed by atoms with van der Waals surface area (Å²) in [6.07, 6.45) is 1.07. The average molecular weight is 264 g/mol. The van der Waals surface area contributed by atoms with Crippen molar-refractivity contribution in [3.63, 3.8) is 0 Å². The van der Waals surface area contributed by atoms with Gasteiger partial charge in [0.25, 0.3) is 5.91 Å². The van der Waals surface area contributed by atoms with Gasteiger partial charge in [-0.2, -0.15) is 0 Å². The molecule has 19 heavy (non-hydrogen) atoms. The second-order valence-corrected chi connectivity index (χ2v) is 4.51. The van der Waals surface area contributed by atoms with E-state index in [0.29, 0.717) is 24.2 Å². The summed E-state index contributed by atoms with van der Waals surface area (Å²) in [7, 11) is 0. The Morgan fingerprint density at radius 1 is 1.26 bits per heavy atom. The van der Waals surface area contributed by atoms with E-state index in [4.69, 9.17) is 5.11 Å². The van der Waals surface area contributed by atoms with Crippen LogP contribution < -0.4 is 10.6 Å². The zero-order valence-corrected chi connectivity index (χ0v) is 11.3. The van der Waals surface area contributed by atoms with Gasteiger partial charge >= 0.3 is 0 Å². The van der Waals surface area contributed by atoms with Gasteiger partial charge in [0.15, 0.2) is 0 Å². The first-order chi connectivity index (χ1) is 8.99. The number of benzene rings is 1. The lowest BCUT2D eigenvalue weighted by molar-refractivity contribution is -0.114. The Kier molecular flexibility index (Phi) is 6.02. The molecule has 0 aromatic heterocycles. The van der Waals surface area contributed by atoms with Crippen LogP contribution in [0.15, 0.2) is 24.3 Å². The van der Waals surface area contributed by atoms with Crippen LogP contribution in [0.25, 0.3) is 0 Å². The van der Waals surface area contributed by atoms with E-state index in [-0.39, 0.29) is 17.9 Å². The predicted octanol–water partition coefficient (Wildman–Crippen LogP) is 1.54. The minimum absolute atomic E-state index is 0.143. The third-order valence-electron chi connectivity index (χ3n) is 2.55. The fourth-order valence-electron chi connectivity index (χ4n) is 1.61. The van der Waals surface area contributed by atoms with Crippen LogP contribution in [0, 0.1) is 0 Å². The normalized spacial score (nSPS) is 11.7. The fraction of sp³-hybridized carbons (Fsp3) is 0.429. The maximum absolute atomic E-state index is 11.8. The van der Waals surface area contributed by atoms with Gasteiger partial charge in [0.2, 0.25) is 5.91 Å². The van der Waals surface area contributed by atoms with Crippen molar-refractivity contribution in [3.8, 4) is 0 Å². The van der Waals surface area contributed by atoms with Crippen LogP contribution in [0.1, 0.15) is 37.0 Å². The molecule has 5 heteroatoms. The number of aliphatic hydroxyl groups excluding tert-OH is 1. The van der Waals surface area contributed by atoms with Crippen LogP contribution in [0.2, 0.25) is 0 Å². The van der Waals surface area contributed by atoms with Gasteiger partial charge in [-0.05, 0) is 44.0 Å². The molecule has 5 nitrogen and oxygen atoms in total. The summed E-state index contributed by atoms with van der Waals surface area (Å²) in [6, 6.07) is 6.70. The largest absolute Gasteiger partial charge is 0.393 e. The lowest BCUT2D eigenvalue weighted by atomic mass is 10.2. The zero-order valence-electron chi connectivity index (χ0n) is 11.3. The van der Waals surface area contributed by atoms with Crippen molar-refractivity contribution >= 4 is 17.5 Å². The Balaban J connectivity index is 2.42. The number of nitrogens with one attached hydrogen (secondary N) is 2. The molecule has 1 rings (SSSR count). The Bertz CT molecular complexity index is 427. The summed E-state index contributed by atoms with van der Waals surface area (Å²) in [5.41, 5.74) is 1.21. The monoisotopic (exact) mass is 264 g/mol. The van der Waals surface area contributed by atoms with Gasteiger partial charge in [-0.15, -0.1) is 0 Å². The number of hydrogen-bond acceptors (Lipinski definition) is 3. The molecule has 1 atom stereocenters. The first kappa shape index (κ1) is 15.2. The maximum Gasteiger partial charge on any atom is 0.251 e. The van der Waals surface area contributed by atoms with Gasteiger partial charge in [0, 0.05) is 24.7 Å². The molecule has 0 saturated carbocycles. The highest BCUT2D eigenvalue weighted by Gasteiger charge is 2.05. The molecule has 3 N–H and O–H groups in total. The lowest BCUT2D eigenvalue weighted by Crippen LogP contribution is -2.25. The summed E-state index contributed by atoms with van der Waals surface area (Å²) >= 11 is 0. The Morgan fingerprint density at radius 3 is 2.42 bits per heavy atom. The van der Waals surface area contributed by atoms with Crippen molar-refractivity contribution in [2.45, 2.75) is 32.8 Å². The Hall–Kier alpha value is -1.88. The first-order valence-corrected chi connectivity index (χ1v) is 6.33. The van der Waals surface area contributed by atoms with Crippen LogP contribution in [0.4, 0.5) is 5.69 Å². The second kappa shape index (κ2) is 7.53. The van der Waals surface area contributed by atoms with Crippen molar-refractivity contribution < 1.29 is 14.7 Å². The van der Waals surface area contributed by atoms with E-state index in [9.17, 15) is 9.59 Å². The predicted molar refractivity (Wildman–Crippen MR) is 74.0 cm³/mol. The van der Waals surface area contributed by atoms with Gasteiger partial charge in [0.1, 0.15) is 0 Å². The second-order valence-electron chi connectivity index (χ2n) is 4.51. The minimum Gasteiger partial charge on any atom is -0.393 e. The molecule has 0 aliphatic carbocycles. The SMILES string of the molecule is CC(=O)Nc1ccc(C(=O)NCCCC(C)O)cc1. The molecule has 1 aromatic rings. The summed E-state index contributed by atoms with van der Waals surface area (Å²) in [4.78, 5) is 22.6. The molecule has 0 fully saturated rings. The van der Waals surface area contributed by atoms with Crippen molar-refractivity contribution in [3.05, 3.63) is 29.8 Å². The molecule has 2 amide bonds. The molecule has 1 unspecified atom stereocenters. The van der Waals surface area contributed by atoms with Crippen LogP contribution in [-0.4, -0.2) is 29.6 Å². The Labute approximate surface area is 113 Å². The highest BCUT2D eigenvalue weighted by Crippen LogP contribution is 2.09. The molecule has 0 radical (unpaired) electrons. The molecule has 0 aliphatic heterocycles. The smallest absolute Gasteiger partial charge is 0.251 e. The number of carbonyl (C=O) groups is 2. The average Bonchev–Trinajstić information content (AvgIpc) is 2.34. The molecule has 0 spiro atoms. The van der Waals surface area contributed by atoms with Gasteiger partial charge in [-0.25, -0.2) is 0 Å². The minimum atomic E-state index is -0.339. The quantitative estimate of drug-likeness (QED) is 0.682. The summed E-state index contributed by atoms with van der Waals surface area (Å²) in [6.45, 7) is 3.70. The fourth-order valence-corrected chi connectivity index (χ4v) is 1.61. The zero-order chi connectivity index (χ0) is 14.3. The third kappa shape index (κ3) is 6.01. The van der Waals surface area contributed by atoms with E-state index < -0.39 is 0 Å². The number of amides is 2. The Morgan fingerprint density at radius 2 is 1.89 bits per heavy atom. The van der Waals surface area contributed by atoms with Crippen molar-refractivity contribution in [1.29, 1.82) is 0 Å². The molecular formula is C14H20N2O3. The van der Waals surface area contributed by atoms with Crippen LogP contribution >= 0.6 is 0 Å². The molecule has 0 saturated heterocycles. The number of hydrogen-bond donors (Lipinski definition) is 3. The molecule has 104 valence electrons. The topological polar surface area (TPSA) is 78.4 Å². The maximum atomic E-state index is 11.8. The number of rotatable bonds is 6. The van der Waals surface area contributed by atoms with Gasteiger partial charge in [0.05, 0.1) is 6.10 Å². The molecule has 0 aliphatic rings. The highest BCUT2D eigenvalue weighted by molar-refractivity contribution is 5.95.